The van der Waals surface area contributed by atoms with Crippen LogP contribution in [0.4, 0.5) is 0 Å². The van der Waals surface area contributed by atoms with Crippen LogP contribution in [0, 0.1) is 5.92 Å². The lowest BCUT2D eigenvalue weighted by atomic mass is 10.1. The van der Waals surface area contributed by atoms with Gasteiger partial charge in [-0.15, -0.1) is 0 Å². The Kier molecular flexibility index (Phi) is 4.63. The van der Waals surface area contributed by atoms with Crippen LogP contribution in [-0.2, 0) is 4.79 Å². The standard InChI is InChI=1S/C19H26N2O/c1-14(16-8-9-16)12-19(22)20-18-10-11-21(13-18)15(2)17-6-4-3-5-7-17/h3-7,12,15-16,18H,8-11,13H2,1-2H3,(H,20,22)/b14-12+/t15-,18+/m0/s1. The fourth-order valence-electron chi connectivity index (χ4n) is 3.31. The van der Waals surface area contributed by atoms with Crippen molar-refractivity contribution in [3.8, 4) is 0 Å². The number of nitrogens with zero attached hydrogens (tertiary/aromatic N) is 1. The van der Waals surface area contributed by atoms with Gasteiger partial charge in [-0.05, 0) is 44.6 Å². The molecule has 1 saturated carbocycles. The van der Waals surface area contributed by atoms with E-state index in [1.807, 2.05) is 0 Å². The average Bonchev–Trinajstić information content (AvgIpc) is 3.28. The Bertz CT molecular complexity index is 548. The lowest BCUT2D eigenvalue weighted by molar-refractivity contribution is -0.117. The smallest absolute Gasteiger partial charge is 0.244 e. The van der Waals surface area contributed by atoms with Crippen LogP contribution in [0.5, 0.6) is 0 Å². The molecule has 1 N–H and O–H groups in total. The topological polar surface area (TPSA) is 32.3 Å². The van der Waals surface area contributed by atoms with E-state index in [1.165, 1.54) is 24.0 Å². The molecular formula is C19H26N2O. The minimum Gasteiger partial charge on any atom is -0.348 e. The molecule has 3 heteroatoms. The zero-order valence-corrected chi connectivity index (χ0v) is 13.6. The Morgan fingerprint density at radius 1 is 1.27 bits per heavy atom. The fraction of sp³-hybridized carbons (Fsp3) is 0.526. The highest BCUT2D eigenvalue weighted by molar-refractivity contribution is 5.88. The van der Waals surface area contributed by atoms with Crippen LogP contribution in [0.3, 0.4) is 0 Å². The van der Waals surface area contributed by atoms with Gasteiger partial charge in [-0.1, -0.05) is 35.9 Å². The summed E-state index contributed by atoms with van der Waals surface area (Å²) in [6.45, 7) is 6.32. The van der Waals surface area contributed by atoms with Gasteiger partial charge < -0.3 is 5.32 Å². The summed E-state index contributed by atoms with van der Waals surface area (Å²) >= 11 is 0. The summed E-state index contributed by atoms with van der Waals surface area (Å²) in [6.07, 6.45) is 5.35. The zero-order chi connectivity index (χ0) is 15.5. The maximum Gasteiger partial charge on any atom is 0.244 e. The minimum atomic E-state index is 0.0867. The van der Waals surface area contributed by atoms with Crippen LogP contribution < -0.4 is 5.32 Å². The first-order valence-corrected chi connectivity index (χ1v) is 8.41. The molecule has 0 spiro atoms. The number of rotatable bonds is 5. The van der Waals surface area contributed by atoms with Crippen LogP contribution in [0.2, 0.25) is 0 Å². The van der Waals surface area contributed by atoms with Gasteiger partial charge in [0.1, 0.15) is 0 Å². The Morgan fingerprint density at radius 3 is 2.68 bits per heavy atom. The van der Waals surface area contributed by atoms with E-state index in [0.29, 0.717) is 12.0 Å². The highest BCUT2D eigenvalue weighted by atomic mass is 16.1. The van der Waals surface area contributed by atoms with Gasteiger partial charge in [0.2, 0.25) is 5.91 Å². The molecule has 118 valence electrons. The molecule has 0 unspecified atom stereocenters. The second-order valence-electron chi connectivity index (χ2n) is 6.74. The number of likely N-dealkylation sites (tertiary alicyclic amines) is 1. The molecule has 1 aliphatic carbocycles. The van der Waals surface area contributed by atoms with Gasteiger partial charge in [0.15, 0.2) is 0 Å². The Labute approximate surface area is 133 Å². The van der Waals surface area contributed by atoms with E-state index in [1.54, 1.807) is 6.08 Å². The molecule has 1 heterocycles. The van der Waals surface area contributed by atoms with Crippen molar-refractivity contribution in [2.45, 2.75) is 45.2 Å². The third-order valence-corrected chi connectivity index (χ3v) is 4.98. The van der Waals surface area contributed by atoms with Crippen LogP contribution in [0.1, 0.15) is 44.7 Å². The summed E-state index contributed by atoms with van der Waals surface area (Å²) in [4.78, 5) is 14.5. The second kappa shape index (κ2) is 6.66. The lowest BCUT2D eigenvalue weighted by Crippen LogP contribution is -2.36. The first kappa shape index (κ1) is 15.3. The number of allylic oxidation sites excluding steroid dienone is 1. The molecule has 22 heavy (non-hydrogen) atoms. The Balaban J connectivity index is 1.51. The third kappa shape index (κ3) is 3.77. The summed E-state index contributed by atoms with van der Waals surface area (Å²) in [5.41, 5.74) is 2.59. The van der Waals surface area contributed by atoms with Gasteiger partial charge in [-0.25, -0.2) is 0 Å². The van der Waals surface area contributed by atoms with Gasteiger partial charge in [-0.3, -0.25) is 9.69 Å². The van der Waals surface area contributed by atoms with Crippen molar-refractivity contribution >= 4 is 5.91 Å². The molecule has 2 atom stereocenters. The van der Waals surface area contributed by atoms with Crippen LogP contribution in [0.25, 0.3) is 0 Å². The summed E-state index contributed by atoms with van der Waals surface area (Å²) in [5, 5.41) is 3.17. The van der Waals surface area contributed by atoms with Crippen molar-refractivity contribution in [1.82, 2.24) is 10.2 Å². The molecule has 0 aromatic heterocycles. The molecule has 3 nitrogen and oxygen atoms in total. The van der Waals surface area contributed by atoms with E-state index < -0.39 is 0 Å². The fourth-order valence-corrected chi connectivity index (χ4v) is 3.31. The van der Waals surface area contributed by atoms with Crippen molar-refractivity contribution in [2.24, 2.45) is 5.92 Å². The number of benzene rings is 1. The maximum absolute atomic E-state index is 12.1. The summed E-state index contributed by atoms with van der Waals surface area (Å²) in [6, 6.07) is 11.3. The first-order chi connectivity index (χ1) is 10.6. The van der Waals surface area contributed by atoms with Crippen molar-refractivity contribution in [3.05, 3.63) is 47.5 Å². The number of nitrogens with one attached hydrogen (secondary N) is 1. The SMILES string of the molecule is C/C(=C\C(=O)N[C@@H]1CCN([C@@H](C)c2ccccc2)C1)C1CC1. The predicted octanol–water partition coefficient (Wildman–Crippen LogP) is 3.29. The van der Waals surface area contributed by atoms with Gasteiger partial charge >= 0.3 is 0 Å². The number of carbonyl (C=O) groups is 1. The molecular weight excluding hydrogens is 272 g/mol. The zero-order valence-electron chi connectivity index (χ0n) is 13.6. The molecule has 0 bridgehead atoms. The Hall–Kier alpha value is -1.61. The molecule has 2 aliphatic rings. The number of amides is 1. The third-order valence-electron chi connectivity index (χ3n) is 4.98. The van der Waals surface area contributed by atoms with E-state index in [9.17, 15) is 4.79 Å². The van der Waals surface area contributed by atoms with Gasteiger partial charge in [-0.2, -0.15) is 0 Å². The van der Waals surface area contributed by atoms with Gasteiger partial charge in [0.25, 0.3) is 0 Å². The van der Waals surface area contributed by atoms with E-state index in [-0.39, 0.29) is 11.9 Å². The molecule has 1 saturated heterocycles. The molecule has 0 radical (unpaired) electrons. The van der Waals surface area contributed by atoms with Crippen molar-refractivity contribution < 1.29 is 4.79 Å². The van der Waals surface area contributed by atoms with Crippen LogP contribution in [-0.4, -0.2) is 29.9 Å². The predicted molar refractivity (Wildman–Crippen MR) is 89.5 cm³/mol. The highest BCUT2D eigenvalue weighted by Gasteiger charge is 2.28. The lowest BCUT2D eigenvalue weighted by Gasteiger charge is -2.24. The number of hydrogen-bond donors (Lipinski definition) is 1. The van der Waals surface area contributed by atoms with Gasteiger partial charge in [0.05, 0.1) is 0 Å². The van der Waals surface area contributed by atoms with Crippen molar-refractivity contribution in [1.29, 1.82) is 0 Å². The molecule has 1 amide bonds. The number of hydrogen-bond acceptors (Lipinski definition) is 2. The summed E-state index contributed by atoms with van der Waals surface area (Å²) in [7, 11) is 0. The maximum atomic E-state index is 12.1. The molecule has 2 fully saturated rings. The summed E-state index contributed by atoms with van der Waals surface area (Å²) < 4.78 is 0. The Morgan fingerprint density at radius 2 is 2.00 bits per heavy atom. The quantitative estimate of drug-likeness (QED) is 0.846. The minimum absolute atomic E-state index is 0.0867. The number of carbonyl (C=O) groups excluding carboxylic acids is 1. The molecule has 1 aromatic carbocycles. The average molecular weight is 298 g/mol. The normalized spacial score (nSPS) is 24.3. The molecule has 3 rings (SSSR count). The second-order valence-corrected chi connectivity index (χ2v) is 6.74. The largest absolute Gasteiger partial charge is 0.348 e. The van der Waals surface area contributed by atoms with E-state index in [4.69, 9.17) is 0 Å². The first-order valence-electron chi connectivity index (χ1n) is 8.41. The van der Waals surface area contributed by atoms with E-state index in [2.05, 4.69) is 54.4 Å². The van der Waals surface area contributed by atoms with Crippen molar-refractivity contribution in [3.63, 3.8) is 0 Å². The van der Waals surface area contributed by atoms with E-state index in [0.717, 1.165) is 19.5 Å². The van der Waals surface area contributed by atoms with Crippen molar-refractivity contribution in [2.75, 3.05) is 13.1 Å². The van der Waals surface area contributed by atoms with Crippen LogP contribution >= 0.6 is 0 Å². The van der Waals surface area contributed by atoms with Crippen LogP contribution in [0.15, 0.2) is 42.0 Å². The summed E-state index contributed by atoms with van der Waals surface area (Å²) in [5.74, 6) is 0.757. The van der Waals surface area contributed by atoms with Gasteiger partial charge in [0, 0.05) is 31.2 Å². The monoisotopic (exact) mass is 298 g/mol. The molecule has 1 aromatic rings. The highest BCUT2D eigenvalue weighted by Crippen LogP contribution is 2.35. The van der Waals surface area contributed by atoms with E-state index >= 15 is 0 Å². The molecule has 1 aliphatic heterocycles.